The zero-order valence-corrected chi connectivity index (χ0v) is 18.5. The van der Waals surface area contributed by atoms with Crippen molar-refractivity contribution in [2.45, 2.75) is 26.9 Å². The van der Waals surface area contributed by atoms with Crippen LogP contribution in [-0.2, 0) is 4.79 Å². The van der Waals surface area contributed by atoms with Crippen molar-refractivity contribution >= 4 is 17.6 Å². The van der Waals surface area contributed by atoms with E-state index in [-0.39, 0.29) is 30.0 Å². The third kappa shape index (κ3) is 5.88. The van der Waals surface area contributed by atoms with E-state index >= 15 is 0 Å². The summed E-state index contributed by atoms with van der Waals surface area (Å²) in [7, 11) is 0. The molecule has 2 aromatic rings. The summed E-state index contributed by atoms with van der Waals surface area (Å²) in [5.74, 6) is -0.332. The Hall–Kier alpha value is -3.33. The number of hydrogen-bond acceptors (Lipinski definition) is 5. The molecule has 1 aliphatic rings. The first-order valence-corrected chi connectivity index (χ1v) is 10.6. The second-order valence-corrected chi connectivity index (χ2v) is 7.95. The van der Waals surface area contributed by atoms with Gasteiger partial charge >= 0.3 is 0 Å². The normalized spacial score (nSPS) is 14.8. The number of carbonyl (C=O) groups is 2. The van der Waals surface area contributed by atoms with Gasteiger partial charge in [0.05, 0.1) is 24.0 Å². The number of nitrogens with zero attached hydrogens (tertiary/aromatic N) is 3. The summed E-state index contributed by atoms with van der Waals surface area (Å²) in [6, 6.07) is 7.90. The highest BCUT2D eigenvalue weighted by Gasteiger charge is 2.30. The van der Waals surface area contributed by atoms with E-state index in [0.717, 1.165) is 0 Å². The summed E-state index contributed by atoms with van der Waals surface area (Å²) >= 11 is 0. The fraction of sp³-hybridized carbons (Fsp3) is 0.391. The number of pyridine rings is 1. The highest BCUT2D eigenvalue weighted by Crippen LogP contribution is 2.23. The van der Waals surface area contributed by atoms with E-state index in [9.17, 15) is 14.0 Å². The van der Waals surface area contributed by atoms with E-state index < -0.39 is 11.7 Å². The molecular formula is C23H28FN5O3. The highest BCUT2D eigenvalue weighted by atomic mass is 19.1. The molecule has 1 saturated heterocycles. The van der Waals surface area contributed by atoms with E-state index in [4.69, 9.17) is 10.5 Å². The van der Waals surface area contributed by atoms with Crippen LogP contribution >= 0.6 is 0 Å². The Bertz CT molecular complexity index is 1000. The van der Waals surface area contributed by atoms with Crippen LogP contribution in [0.1, 0.15) is 31.1 Å². The largest absolute Gasteiger partial charge is 0.486 e. The van der Waals surface area contributed by atoms with Crippen molar-refractivity contribution in [1.29, 1.82) is 0 Å². The third-order valence-electron chi connectivity index (χ3n) is 5.01. The predicted molar refractivity (Wildman–Crippen MR) is 120 cm³/mol. The fourth-order valence-electron chi connectivity index (χ4n) is 3.15. The number of aromatic nitrogens is 1. The van der Waals surface area contributed by atoms with Gasteiger partial charge in [0, 0.05) is 31.1 Å². The van der Waals surface area contributed by atoms with Gasteiger partial charge in [-0.3, -0.25) is 19.5 Å². The summed E-state index contributed by atoms with van der Waals surface area (Å²) in [5, 5.41) is 2.58. The highest BCUT2D eigenvalue weighted by molar-refractivity contribution is 5.95. The first-order chi connectivity index (χ1) is 15.3. The van der Waals surface area contributed by atoms with Gasteiger partial charge in [-0.25, -0.2) is 4.39 Å². The molecule has 3 rings (SSSR count). The molecule has 8 nitrogen and oxygen atoms in total. The molecule has 0 atom stereocenters. The summed E-state index contributed by atoms with van der Waals surface area (Å²) < 4.78 is 20.2. The van der Waals surface area contributed by atoms with E-state index in [1.807, 2.05) is 18.7 Å². The van der Waals surface area contributed by atoms with Crippen molar-refractivity contribution < 1.29 is 18.7 Å². The average Bonchev–Trinajstić information content (AvgIpc) is 2.72. The second kappa shape index (κ2) is 10.3. The summed E-state index contributed by atoms with van der Waals surface area (Å²) in [5.41, 5.74) is 6.85. The summed E-state index contributed by atoms with van der Waals surface area (Å²) in [4.78, 5) is 33.9. The van der Waals surface area contributed by atoms with Crippen LogP contribution in [0.5, 0.6) is 5.75 Å². The van der Waals surface area contributed by atoms with Gasteiger partial charge in [0.25, 0.3) is 11.8 Å². The lowest BCUT2D eigenvalue weighted by Crippen LogP contribution is -2.55. The van der Waals surface area contributed by atoms with Gasteiger partial charge in [-0.15, -0.1) is 0 Å². The van der Waals surface area contributed by atoms with E-state index in [0.29, 0.717) is 42.5 Å². The number of amides is 2. The Morgan fingerprint density at radius 1 is 1.31 bits per heavy atom. The van der Waals surface area contributed by atoms with Crippen molar-refractivity contribution in [3.8, 4) is 17.0 Å². The van der Waals surface area contributed by atoms with Gasteiger partial charge in [-0.2, -0.15) is 4.99 Å². The number of nitrogens with one attached hydrogen (secondary N) is 1. The average molecular weight is 442 g/mol. The Morgan fingerprint density at radius 3 is 2.66 bits per heavy atom. The molecule has 170 valence electrons. The molecule has 0 spiro atoms. The number of nitrogens with two attached hydrogens (primary N) is 1. The topological polar surface area (TPSA) is 110 Å². The van der Waals surface area contributed by atoms with Crippen molar-refractivity contribution in [3.63, 3.8) is 0 Å². The van der Waals surface area contributed by atoms with E-state index in [1.54, 1.807) is 31.3 Å². The lowest BCUT2D eigenvalue weighted by Gasteiger charge is -2.38. The van der Waals surface area contributed by atoms with Crippen LogP contribution in [0.2, 0.25) is 0 Å². The van der Waals surface area contributed by atoms with E-state index in [2.05, 4.69) is 15.3 Å². The molecule has 0 aliphatic carbocycles. The van der Waals surface area contributed by atoms with Gasteiger partial charge < -0.3 is 15.8 Å². The van der Waals surface area contributed by atoms with Crippen LogP contribution in [-0.4, -0.2) is 59.8 Å². The molecule has 1 aromatic heterocycles. The maximum Gasteiger partial charge on any atom is 0.261 e. The predicted octanol–water partition coefficient (Wildman–Crippen LogP) is 2.24. The summed E-state index contributed by atoms with van der Waals surface area (Å²) in [6.45, 7) is 7.40. The number of likely N-dealkylation sites (tertiary alicyclic amines) is 1. The number of halogens is 1. The molecule has 3 N–H and O–H groups in total. The maximum absolute atomic E-state index is 14.3. The third-order valence-corrected chi connectivity index (χ3v) is 5.01. The lowest BCUT2D eigenvalue weighted by atomic mass is 10.1. The molecule has 2 amide bonds. The van der Waals surface area contributed by atoms with Gasteiger partial charge in [0.2, 0.25) is 0 Å². The summed E-state index contributed by atoms with van der Waals surface area (Å²) in [6.07, 6.45) is 1.53. The molecular weight excluding hydrogens is 413 g/mol. The van der Waals surface area contributed by atoms with Crippen molar-refractivity contribution in [2.75, 3.05) is 26.2 Å². The van der Waals surface area contributed by atoms with Crippen LogP contribution in [0.4, 0.5) is 4.39 Å². The zero-order chi connectivity index (χ0) is 23.3. The monoisotopic (exact) mass is 441 g/mol. The molecule has 2 heterocycles. The molecule has 1 aliphatic heterocycles. The van der Waals surface area contributed by atoms with Gasteiger partial charge in [-0.1, -0.05) is 19.9 Å². The van der Waals surface area contributed by atoms with Crippen molar-refractivity contribution in [1.82, 2.24) is 15.2 Å². The van der Waals surface area contributed by atoms with Gasteiger partial charge in [0.15, 0.2) is 0 Å². The van der Waals surface area contributed by atoms with Crippen LogP contribution in [0.3, 0.4) is 0 Å². The molecule has 1 fully saturated rings. The van der Waals surface area contributed by atoms with Gasteiger partial charge in [0.1, 0.15) is 23.5 Å². The minimum absolute atomic E-state index is 0.00107. The number of ether oxygens (including phenoxy) is 1. The van der Waals surface area contributed by atoms with Crippen LogP contribution in [0, 0.1) is 11.7 Å². The molecule has 0 radical (unpaired) electrons. The smallest absolute Gasteiger partial charge is 0.261 e. The minimum Gasteiger partial charge on any atom is -0.486 e. The van der Waals surface area contributed by atoms with Crippen molar-refractivity contribution in [2.24, 2.45) is 16.6 Å². The first-order valence-electron chi connectivity index (χ1n) is 10.6. The molecule has 32 heavy (non-hydrogen) atoms. The van der Waals surface area contributed by atoms with Crippen LogP contribution in [0.25, 0.3) is 11.3 Å². The molecule has 0 saturated carbocycles. The zero-order valence-electron chi connectivity index (χ0n) is 18.5. The lowest BCUT2D eigenvalue weighted by molar-refractivity contribution is -0.121. The number of hydrogen-bond donors (Lipinski definition) is 2. The van der Waals surface area contributed by atoms with Crippen LogP contribution < -0.4 is 15.8 Å². The molecule has 0 unspecified atom stereocenters. The Morgan fingerprint density at radius 2 is 2.06 bits per heavy atom. The number of benzene rings is 1. The Kier molecular flexibility index (Phi) is 7.53. The SMILES string of the molecule is CCNC(=O)c1ccc(-c2ccc(OC3CN(CC(=O)N=C(N)C(C)C)C3)cn2)cc1F. The number of rotatable bonds is 8. The van der Waals surface area contributed by atoms with E-state index in [1.165, 1.54) is 12.1 Å². The number of aliphatic imine (C=N–C) groups is 1. The van der Waals surface area contributed by atoms with Crippen molar-refractivity contribution in [3.05, 3.63) is 47.9 Å². The number of carbonyl (C=O) groups excluding carboxylic acids is 2. The fourth-order valence-corrected chi connectivity index (χ4v) is 3.15. The maximum atomic E-state index is 14.3. The molecule has 0 bridgehead atoms. The quantitative estimate of drug-likeness (QED) is 0.480. The molecule has 9 heteroatoms. The minimum atomic E-state index is -0.598. The molecule has 1 aromatic carbocycles. The van der Waals surface area contributed by atoms with Crippen LogP contribution in [0.15, 0.2) is 41.5 Å². The number of amidine groups is 1. The standard InChI is InChI=1S/C23H28FN5O3/c1-4-26-23(31)18-7-5-15(9-19(18)24)20-8-6-16(10-27-20)32-17-11-29(12-17)13-21(30)28-22(25)14(2)3/h5-10,14,17H,4,11-13H2,1-3H3,(H,26,31)(H2,25,28,30). The Labute approximate surface area is 186 Å². The Balaban J connectivity index is 1.52. The van der Waals surface area contributed by atoms with Gasteiger partial charge in [-0.05, 0) is 31.2 Å². The first kappa shape index (κ1) is 23.3. The second-order valence-electron chi connectivity index (χ2n) is 7.95.